The highest BCUT2D eigenvalue weighted by Gasteiger charge is 2.20. The van der Waals surface area contributed by atoms with Gasteiger partial charge in [-0.15, -0.1) is 22.7 Å². The number of hydrazone groups is 2. The smallest absolute Gasteiger partial charge is 0.281 e. The molecule has 3 N–H and O–H groups in total. The third kappa shape index (κ3) is 5.30. The lowest BCUT2D eigenvalue weighted by Crippen LogP contribution is -2.37. The maximum atomic E-state index is 12.5. The van der Waals surface area contributed by atoms with E-state index in [-0.39, 0.29) is 17.7 Å². The number of hydrogen-bond acceptors (Lipinski definition) is 8. The van der Waals surface area contributed by atoms with Gasteiger partial charge in [0, 0.05) is 36.6 Å². The molecule has 1 unspecified atom stereocenters. The van der Waals surface area contributed by atoms with Crippen molar-refractivity contribution < 1.29 is 14.7 Å². The summed E-state index contributed by atoms with van der Waals surface area (Å²) in [4.78, 5) is 26.4. The molecule has 4 rings (SSSR count). The van der Waals surface area contributed by atoms with Gasteiger partial charge in [-0.25, -0.2) is 5.43 Å². The van der Waals surface area contributed by atoms with Crippen LogP contribution in [0.3, 0.4) is 0 Å². The van der Waals surface area contributed by atoms with Crippen molar-refractivity contribution in [3.05, 3.63) is 62.1 Å². The third-order valence-corrected chi connectivity index (χ3v) is 7.66. The SMILES string of the molecule is C/C(=N\NC(=O)c1ccc(C(=O)NCC2CC=NN2C)s1)c1csc(-c2ccc(Cl)cc2)c1O. The molecule has 0 saturated carbocycles. The number of amides is 2. The molecular formula is C23H22ClN5O3S2. The molecule has 1 atom stereocenters. The first-order valence-corrected chi connectivity index (χ1v) is 12.5. The Labute approximate surface area is 209 Å². The van der Waals surface area contributed by atoms with Gasteiger partial charge in [-0.1, -0.05) is 23.7 Å². The number of nitrogens with one attached hydrogen (secondary N) is 2. The standard InChI is InChI=1S/C23H22ClN5O3S2/c1-13(17-12-33-21(20(17)30)14-3-5-15(24)6-4-14)27-28-23(32)19-8-7-18(34-19)22(31)25-11-16-9-10-26-29(16)2/h3-8,10,12,16,30H,9,11H2,1-2H3,(H,25,31)(H,28,32)/b27-13+. The first-order valence-electron chi connectivity index (χ1n) is 10.4. The molecule has 1 aliphatic rings. The molecule has 1 aromatic carbocycles. The Hall–Kier alpha value is -3.21. The third-order valence-electron chi connectivity index (χ3n) is 5.31. The van der Waals surface area contributed by atoms with E-state index in [2.05, 4.69) is 20.9 Å². The number of rotatable bonds is 7. The number of carbonyl (C=O) groups is 2. The van der Waals surface area contributed by atoms with E-state index >= 15 is 0 Å². The van der Waals surface area contributed by atoms with E-state index in [9.17, 15) is 14.7 Å². The van der Waals surface area contributed by atoms with E-state index in [1.54, 1.807) is 36.6 Å². The summed E-state index contributed by atoms with van der Waals surface area (Å²) in [7, 11) is 1.87. The molecule has 8 nitrogen and oxygen atoms in total. The molecule has 176 valence electrons. The number of likely N-dealkylation sites (N-methyl/N-ethyl adjacent to an activating group) is 1. The van der Waals surface area contributed by atoms with Crippen LogP contribution in [-0.4, -0.2) is 53.5 Å². The number of thiophene rings is 2. The fourth-order valence-corrected chi connectivity index (χ4v) is 5.25. The van der Waals surface area contributed by atoms with Crippen molar-refractivity contribution in [2.75, 3.05) is 13.6 Å². The molecule has 34 heavy (non-hydrogen) atoms. The van der Waals surface area contributed by atoms with Crippen LogP contribution in [0.15, 0.2) is 52.0 Å². The van der Waals surface area contributed by atoms with Crippen molar-refractivity contribution in [1.82, 2.24) is 15.8 Å². The number of aromatic hydroxyl groups is 1. The molecule has 0 radical (unpaired) electrons. The maximum absolute atomic E-state index is 12.5. The first kappa shape index (κ1) is 23.9. The van der Waals surface area contributed by atoms with Crippen LogP contribution in [0.5, 0.6) is 5.75 Å². The van der Waals surface area contributed by atoms with Crippen LogP contribution >= 0.6 is 34.3 Å². The van der Waals surface area contributed by atoms with Crippen molar-refractivity contribution in [3.8, 4) is 16.2 Å². The van der Waals surface area contributed by atoms with E-state index in [0.717, 1.165) is 23.3 Å². The Kier molecular flexibility index (Phi) is 7.30. The number of hydrogen-bond donors (Lipinski definition) is 3. The molecule has 0 fully saturated rings. The van der Waals surface area contributed by atoms with Gasteiger partial charge in [-0.3, -0.25) is 14.6 Å². The van der Waals surface area contributed by atoms with E-state index < -0.39 is 5.91 Å². The molecule has 3 aromatic rings. The highest BCUT2D eigenvalue weighted by Crippen LogP contribution is 2.39. The molecule has 2 amide bonds. The van der Waals surface area contributed by atoms with Crippen LogP contribution < -0.4 is 10.7 Å². The van der Waals surface area contributed by atoms with Gasteiger partial charge in [0.05, 0.1) is 31.9 Å². The molecule has 0 saturated heterocycles. The van der Waals surface area contributed by atoms with Gasteiger partial charge >= 0.3 is 0 Å². The van der Waals surface area contributed by atoms with E-state index in [1.807, 2.05) is 30.4 Å². The summed E-state index contributed by atoms with van der Waals surface area (Å²) in [5.74, 6) is -0.571. The van der Waals surface area contributed by atoms with Crippen molar-refractivity contribution in [2.45, 2.75) is 19.4 Å². The number of carbonyl (C=O) groups excluding carboxylic acids is 2. The molecule has 11 heteroatoms. The number of benzene rings is 1. The zero-order valence-electron chi connectivity index (χ0n) is 18.4. The van der Waals surface area contributed by atoms with Gasteiger partial charge in [0.25, 0.3) is 11.8 Å². The van der Waals surface area contributed by atoms with Gasteiger partial charge in [0.15, 0.2) is 0 Å². The first-order chi connectivity index (χ1) is 16.3. The summed E-state index contributed by atoms with van der Waals surface area (Å²) in [6.07, 6.45) is 2.61. The summed E-state index contributed by atoms with van der Waals surface area (Å²) in [6.45, 7) is 2.17. The molecular weight excluding hydrogens is 494 g/mol. The summed E-state index contributed by atoms with van der Waals surface area (Å²) in [5, 5.41) is 26.0. The predicted octanol–water partition coefficient (Wildman–Crippen LogP) is 4.41. The molecule has 0 bridgehead atoms. The zero-order chi connectivity index (χ0) is 24.2. The summed E-state index contributed by atoms with van der Waals surface area (Å²) in [6, 6.07) is 10.5. The van der Waals surface area contributed by atoms with Gasteiger partial charge in [-0.2, -0.15) is 10.2 Å². The van der Waals surface area contributed by atoms with Gasteiger partial charge < -0.3 is 10.4 Å². The lowest BCUT2D eigenvalue weighted by atomic mass is 10.1. The highest BCUT2D eigenvalue weighted by molar-refractivity contribution is 7.16. The Morgan fingerprint density at radius 3 is 2.59 bits per heavy atom. The quantitative estimate of drug-likeness (QED) is 0.320. The molecule has 0 spiro atoms. The molecule has 3 heterocycles. The van der Waals surface area contributed by atoms with Crippen molar-refractivity contribution in [1.29, 1.82) is 0 Å². The van der Waals surface area contributed by atoms with Crippen LogP contribution in [0, 0.1) is 0 Å². The largest absolute Gasteiger partial charge is 0.506 e. The maximum Gasteiger partial charge on any atom is 0.281 e. The normalized spacial score (nSPS) is 15.6. The van der Waals surface area contributed by atoms with Gasteiger partial charge in [0.1, 0.15) is 5.75 Å². The zero-order valence-corrected chi connectivity index (χ0v) is 20.8. The molecule has 0 aliphatic carbocycles. The summed E-state index contributed by atoms with van der Waals surface area (Å²) in [5.41, 5.74) is 4.32. The Balaban J connectivity index is 1.37. The van der Waals surface area contributed by atoms with Crippen LogP contribution in [0.2, 0.25) is 5.02 Å². The molecule has 1 aliphatic heterocycles. The van der Waals surface area contributed by atoms with Crippen LogP contribution in [0.25, 0.3) is 10.4 Å². The van der Waals surface area contributed by atoms with E-state index in [1.165, 1.54) is 11.3 Å². The fourth-order valence-electron chi connectivity index (χ4n) is 3.30. The average molecular weight is 516 g/mol. The van der Waals surface area contributed by atoms with Gasteiger partial charge in [-0.05, 0) is 36.8 Å². The van der Waals surface area contributed by atoms with E-state index in [4.69, 9.17) is 11.6 Å². The average Bonchev–Trinajstić information content (AvgIpc) is 3.56. The minimum Gasteiger partial charge on any atom is -0.506 e. The van der Waals surface area contributed by atoms with Crippen molar-refractivity contribution in [3.63, 3.8) is 0 Å². The van der Waals surface area contributed by atoms with Crippen molar-refractivity contribution >= 4 is 58.0 Å². The monoisotopic (exact) mass is 515 g/mol. The highest BCUT2D eigenvalue weighted by atomic mass is 35.5. The minimum absolute atomic E-state index is 0.0937. The van der Waals surface area contributed by atoms with Crippen LogP contribution in [0.4, 0.5) is 0 Å². The van der Waals surface area contributed by atoms with Crippen LogP contribution in [-0.2, 0) is 0 Å². The van der Waals surface area contributed by atoms with Crippen LogP contribution in [0.1, 0.15) is 38.3 Å². The van der Waals surface area contributed by atoms with E-state index in [0.29, 0.717) is 37.5 Å². The minimum atomic E-state index is -0.431. The lowest BCUT2D eigenvalue weighted by molar-refractivity contribution is 0.0943. The Morgan fingerprint density at radius 1 is 1.21 bits per heavy atom. The number of nitrogens with zero attached hydrogens (tertiary/aromatic N) is 3. The second-order valence-electron chi connectivity index (χ2n) is 7.61. The second-order valence-corrected chi connectivity index (χ2v) is 10.0. The summed E-state index contributed by atoms with van der Waals surface area (Å²) >= 11 is 8.40. The number of halogens is 1. The summed E-state index contributed by atoms with van der Waals surface area (Å²) < 4.78 is 0. The predicted molar refractivity (Wildman–Crippen MR) is 137 cm³/mol. The Bertz CT molecular complexity index is 1270. The topological polar surface area (TPSA) is 106 Å². The lowest BCUT2D eigenvalue weighted by Gasteiger charge is -2.18. The Morgan fingerprint density at radius 2 is 1.91 bits per heavy atom. The fraction of sp³-hybridized carbons (Fsp3) is 0.217. The molecule has 2 aromatic heterocycles. The van der Waals surface area contributed by atoms with Gasteiger partial charge in [0.2, 0.25) is 0 Å². The van der Waals surface area contributed by atoms with Crippen molar-refractivity contribution in [2.24, 2.45) is 10.2 Å². The second kappa shape index (κ2) is 10.4.